The molecule has 0 radical (unpaired) electrons. The van der Waals surface area contributed by atoms with E-state index in [1.165, 1.54) is 0 Å². The molecule has 0 aromatic heterocycles. The summed E-state index contributed by atoms with van der Waals surface area (Å²) in [6.45, 7) is 4.63. The van der Waals surface area contributed by atoms with Gasteiger partial charge < -0.3 is 15.3 Å². The Labute approximate surface area is 132 Å². The van der Waals surface area contributed by atoms with Crippen LogP contribution in [0.25, 0.3) is 0 Å². The van der Waals surface area contributed by atoms with Crippen molar-refractivity contribution in [1.29, 1.82) is 0 Å². The Morgan fingerprint density at radius 3 is 2.71 bits per heavy atom. The highest BCUT2D eigenvalue weighted by molar-refractivity contribution is 9.10. The molecule has 21 heavy (non-hydrogen) atoms. The maximum Gasteiger partial charge on any atom is 0.321 e. The normalized spacial score (nSPS) is 21.4. The zero-order valence-electron chi connectivity index (χ0n) is 12.1. The molecule has 2 unspecified atom stereocenters. The zero-order valence-corrected chi connectivity index (χ0v) is 13.7. The van der Waals surface area contributed by atoms with Crippen LogP contribution in [0.1, 0.15) is 19.4 Å². The van der Waals surface area contributed by atoms with Crippen molar-refractivity contribution in [2.75, 3.05) is 18.4 Å². The molecule has 0 saturated carbocycles. The van der Waals surface area contributed by atoms with E-state index in [-0.39, 0.29) is 18.5 Å². The van der Waals surface area contributed by atoms with E-state index in [9.17, 15) is 9.59 Å². The van der Waals surface area contributed by atoms with Gasteiger partial charge in [0.1, 0.15) is 0 Å². The monoisotopic (exact) mass is 354 g/mol. The van der Waals surface area contributed by atoms with E-state index in [0.29, 0.717) is 6.54 Å². The fourth-order valence-corrected chi connectivity index (χ4v) is 3.03. The molecule has 1 saturated heterocycles. The Morgan fingerprint density at radius 1 is 1.43 bits per heavy atom. The fraction of sp³-hybridized carbons (Fsp3) is 0.467. The summed E-state index contributed by atoms with van der Waals surface area (Å²) in [7, 11) is 0. The minimum atomic E-state index is -0.837. The second-order valence-electron chi connectivity index (χ2n) is 5.41. The van der Waals surface area contributed by atoms with Gasteiger partial charge in [-0.15, -0.1) is 0 Å². The number of carbonyl (C=O) groups excluding carboxylic acids is 1. The topological polar surface area (TPSA) is 69.6 Å². The number of nitrogens with one attached hydrogen (secondary N) is 1. The predicted octanol–water partition coefficient (Wildman–Crippen LogP) is 3.20. The van der Waals surface area contributed by atoms with E-state index in [0.717, 1.165) is 22.1 Å². The van der Waals surface area contributed by atoms with Gasteiger partial charge in [0.25, 0.3) is 0 Å². The average Bonchev–Trinajstić information content (AvgIpc) is 2.83. The second kappa shape index (κ2) is 6.47. The van der Waals surface area contributed by atoms with Crippen LogP contribution in [0.2, 0.25) is 0 Å². The van der Waals surface area contributed by atoms with Gasteiger partial charge in [-0.25, -0.2) is 4.79 Å². The number of halogens is 1. The van der Waals surface area contributed by atoms with Crippen molar-refractivity contribution in [1.82, 2.24) is 4.90 Å². The highest BCUT2D eigenvalue weighted by Crippen LogP contribution is 2.25. The number of aryl methyl sites for hydroxylation is 1. The number of likely N-dealkylation sites (tertiary alicyclic amines) is 1. The molecular formula is C15H19BrN2O3. The van der Waals surface area contributed by atoms with Crippen molar-refractivity contribution in [3.05, 3.63) is 28.2 Å². The van der Waals surface area contributed by atoms with Crippen LogP contribution < -0.4 is 5.32 Å². The quantitative estimate of drug-likeness (QED) is 0.875. The van der Waals surface area contributed by atoms with E-state index < -0.39 is 11.9 Å². The van der Waals surface area contributed by atoms with Crippen molar-refractivity contribution < 1.29 is 14.7 Å². The second-order valence-corrected chi connectivity index (χ2v) is 6.33. The maximum atomic E-state index is 12.3. The predicted molar refractivity (Wildman–Crippen MR) is 84.4 cm³/mol. The van der Waals surface area contributed by atoms with Gasteiger partial charge in [-0.3, -0.25) is 4.79 Å². The van der Waals surface area contributed by atoms with Gasteiger partial charge in [-0.2, -0.15) is 0 Å². The Hall–Kier alpha value is -1.56. The molecule has 6 heteroatoms. The molecule has 1 aliphatic rings. The zero-order chi connectivity index (χ0) is 15.6. The van der Waals surface area contributed by atoms with Crippen LogP contribution >= 0.6 is 15.9 Å². The first-order chi connectivity index (χ1) is 9.92. The molecule has 114 valence electrons. The number of aliphatic carboxylic acids is 1. The molecule has 0 bridgehead atoms. The van der Waals surface area contributed by atoms with Gasteiger partial charge in [-0.05, 0) is 36.1 Å². The van der Waals surface area contributed by atoms with Crippen LogP contribution in [0.4, 0.5) is 10.5 Å². The lowest BCUT2D eigenvalue weighted by Crippen LogP contribution is -2.34. The molecule has 0 spiro atoms. The number of hydrogen-bond donors (Lipinski definition) is 2. The van der Waals surface area contributed by atoms with Gasteiger partial charge in [-0.1, -0.05) is 29.8 Å². The maximum absolute atomic E-state index is 12.3. The van der Waals surface area contributed by atoms with Gasteiger partial charge in [0.15, 0.2) is 0 Å². The number of carbonyl (C=O) groups is 2. The fourth-order valence-electron chi connectivity index (χ4n) is 2.63. The summed E-state index contributed by atoms with van der Waals surface area (Å²) in [4.78, 5) is 25.0. The van der Waals surface area contributed by atoms with E-state index in [2.05, 4.69) is 21.2 Å². The van der Waals surface area contributed by atoms with Crippen molar-refractivity contribution in [3.63, 3.8) is 0 Å². The molecular weight excluding hydrogens is 336 g/mol. The van der Waals surface area contributed by atoms with Crippen molar-refractivity contribution >= 4 is 33.6 Å². The van der Waals surface area contributed by atoms with Crippen LogP contribution in [-0.4, -0.2) is 35.1 Å². The lowest BCUT2D eigenvalue weighted by molar-refractivity contribution is -0.142. The Balaban J connectivity index is 2.07. The summed E-state index contributed by atoms with van der Waals surface area (Å²) in [6.07, 6.45) is 0.809. The Kier molecular flexibility index (Phi) is 4.88. The number of anilines is 1. The summed E-state index contributed by atoms with van der Waals surface area (Å²) in [5.74, 6) is -1.34. The molecule has 1 aliphatic heterocycles. The molecule has 0 aliphatic carbocycles. The third-order valence-corrected chi connectivity index (χ3v) is 4.40. The summed E-state index contributed by atoms with van der Waals surface area (Å²) in [5.41, 5.74) is 1.82. The number of amides is 2. The number of carboxylic acid groups (broad SMARTS) is 1. The number of nitrogens with zero attached hydrogens (tertiary/aromatic N) is 1. The summed E-state index contributed by atoms with van der Waals surface area (Å²) in [6, 6.07) is 5.47. The van der Waals surface area contributed by atoms with Gasteiger partial charge >= 0.3 is 12.0 Å². The summed E-state index contributed by atoms with van der Waals surface area (Å²) >= 11 is 3.41. The van der Waals surface area contributed by atoms with Crippen molar-refractivity contribution in [2.24, 2.45) is 11.8 Å². The van der Waals surface area contributed by atoms with Gasteiger partial charge in [0, 0.05) is 23.2 Å². The Bertz CT molecular complexity index is 562. The smallest absolute Gasteiger partial charge is 0.321 e. The van der Waals surface area contributed by atoms with Crippen LogP contribution in [0.15, 0.2) is 22.7 Å². The molecule has 2 rings (SSSR count). The first-order valence-electron chi connectivity index (χ1n) is 6.99. The minimum Gasteiger partial charge on any atom is -0.481 e. The van der Waals surface area contributed by atoms with E-state index in [1.54, 1.807) is 4.90 Å². The van der Waals surface area contributed by atoms with E-state index >= 15 is 0 Å². The molecule has 1 aromatic rings. The van der Waals surface area contributed by atoms with Crippen molar-refractivity contribution in [3.8, 4) is 0 Å². The first kappa shape index (κ1) is 15.8. The van der Waals surface area contributed by atoms with Crippen LogP contribution in [0.5, 0.6) is 0 Å². The number of hydrogen-bond acceptors (Lipinski definition) is 2. The van der Waals surface area contributed by atoms with Crippen LogP contribution in [0, 0.1) is 11.8 Å². The molecule has 1 aromatic carbocycles. The molecule has 1 heterocycles. The molecule has 1 fully saturated rings. The minimum absolute atomic E-state index is 0.0242. The van der Waals surface area contributed by atoms with E-state index in [1.807, 2.05) is 32.0 Å². The number of urea groups is 1. The number of carboxylic acids is 1. The first-order valence-corrected chi connectivity index (χ1v) is 7.78. The molecule has 2 atom stereocenters. The third kappa shape index (κ3) is 3.56. The average molecular weight is 355 g/mol. The molecule has 2 amide bonds. The van der Waals surface area contributed by atoms with Gasteiger partial charge in [0.05, 0.1) is 5.92 Å². The van der Waals surface area contributed by atoms with Gasteiger partial charge in [0.2, 0.25) is 0 Å². The van der Waals surface area contributed by atoms with Crippen molar-refractivity contribution in [2.45, 2.75) is 20.3 Å². The standard InChI is InChI=1S/C15H19BrN2O3/c1-3-10-6-11(16)4-5-13(10)17-15(21)18-7-9(2)12(8-18)14(19)20/h4-6,9,12H,3,7-8H2,1-2H3,(H,17,21)(H,19,20). The largest absolute Gasteiger partial charge is 0.481 e. The number of benzene rings is 1. The third-order valence-electron chi connectivity index (χ3n) is 3.91. The highest BCUT2D eigenvalue weighted by Gasteiger charge is 2.37. The van der Waals surface area contributed by atoms with Crippen LogP contribution in [-0.2, 0) is 11.2 Å². The van der Waals surface area contributed by atoms with Crippen LogP contribution in [0.3, 0.4) is 0 Å². The highest BCUT2D eigenvalue weighted by atomic mass is 79.9. The molecule has 2 N–H and O–H groups in total. The lowest BCUT2D eigenvalue weighted by Gasteiger charge is -2.18. The Morgan fingerprint density at radius 2 is 2.14 bits per heavy atom. The summed E-state index contributed by atoms with van der Waals surface area (Å²) in [5, 5.41) is 12.0. The lowest BCUT2D eigenvalue weighted by atomic mass is 9.99. The van der Waals surface area contributed by atoms with E-state index in [4.69, 9.17) is 5.11 Å². The molecule has 5 nitrogen and oxygen atoms in total. The number of rotatable bonds is 3. The summed E-state index contributed by atoms with van der Waals surface area (Å²) < 4.78 is 0.970. The SMILES string of the molecule is CCc1cc(Br)ccc1NC(=O)N1CC(C)C(C(=O)O)C1.